The number of anilines is 2. The molecule has 5 nitrogen and oxygen atoms in total. The Morgan fingerprint density at radius 1 is 1.45 bits per heavy atom. The number of hydrogen-bond donors (Lipinski definition) is 2. The Morgan fingerprint density at radius 3 is 2.75 bits per heavy atom. The summed E-state index contributed by atoms with van der Waals surface area (Å²) in [5.74, 6) is -2.19. The summed E-state index contributed by atoms with van der Waals surface area (Å²) in [6, 6.07) is 0.817. The molecule has 2 heterocycles. The first-order valence-electron chi connectivity index (χ1n) is 6.53. The lowest BCUT2D eigenvalue weighted by Gasteiger charge is -2.38. The summed E-state index contributed by atoms with van der Waals surface area (Å²) in [4.78, 5) is 17.0. The average molecular weight is 284 g/mol. The van der Waals surface area contributed by atoms with Gasteiger partial charge in [0, 0.05) is 25.7 Å². The molecule has 1 aromatic heterocycles. The summed E-state index contributed by atoms with van der Waals surface area (Å²) in [5, 5.41) is 2.58. The van der Waals surface area contributed by atoms with E-state index in [-0.39, 0.29) is 23.6 Å². The summed E-state index contributed by atoms with van der Waals surface area (Å²) < 4.78 is 27.4. The van der Waals surface area contributed by atoms with Crippen molar-refractivity contribution in [3.63, 3.8) is 0 Å². The van der Waals surface area contributed by atoms with Crippen molar-refractivity contribution in [1.82, 2.24) is 4.98 Å². The number of carbonyl (C=O) groups is 1. The minimum Gasteiger partial charge on any atom is -0.371 e. The number of nitrogens with zero attached hydrogens (tertiary/aromatic N) is 2. The number of pyridine rings is 1. The second-order valence-electron chi connectivity index (χ2n) is 5.05. The maximum atomic E-state index is 14.0. The largest absolute Gasteiger partial charge is 0.371 e. The van der Waals surface area contributed by atoms with E-state index in [1.807, 2.05) is 6.92 Å². The molecule has 20 heavy (non-hydrogen) atoms. The SMILES string of the molecule is CNc1nc(N2CC(C(N)=O)CCC2C)c(F)cc1F. The first-order chi connectivity index (χ1) is 9.43. The van der Waals surface area contributed by atoms with Crippen LogP contribution in [0.2, 0.25) is 0 Å². The monoisotopic (exact) mass is 284 g/mol. The summed E-state index contributed by atoms with van der Waals surface area (Å²) >= 11 is 0. The molecule has 1 fully saturated rings. The van der Waals surface area contributed by atoms with Crippen molar-refractivity contribution in [3.8, 4) is 0 Å². The number of halogens is 2. The van der Waals surface area contributed by atoms with Crippen LogP contribution in [0, 0.1) is 17.6 Å². The highest BCUT2D eigenvalue weighted by atomic mass is 19.1. The fourth-order valence-electron chi connectivity index (χ4n) is 2.47. The van der Waals surface area contributed by atoms with E-state index in [0.29, 0.717) is 19.4 Å². The highest BCUT2D eigenvalue weighted by Gasteiger charge is 2.31. The zero-order valence-corrected chi connectivity index (χ0v) is 11.5. The fourth-order valence-corrected chi connectivity index (χ4v) is 2.47. The van der Waals surface area contributed by atoms with Gasteiger partial charge in [-0.3, -0.25) is 4.79 Å². The van der Waals surface area contributed by atoms with Crippen molar-refractivity contribution in [1.29, 1.82) is 0 Å². The van der Waals surface area contributed by atoms with Crippen LogP contribution in [0.25, 0.3) is 0 Å². The maximum absolute atomic E-state index is 14.0. The number of amides is 1. The minimum atomic E-state index is -0.745. The molecule has 0 aliphatic carbocycles. The van der Waals surface area contributed by atoms with Gasteiger partial charge in [0.15, 0.2) is 23.3 Å². The predicted molar refractivity (Wildman–Crippen MR) is 72.4 cm³/mol. The maximum Gasteiger partial charge on any atom is 0.222 e. The molecule has 0 spiro atoms. The molecule has 0 aromatic carbocycles. The van der Waals surface area contributed by atoms with E-state index >= 15 is 0 Å². The van der Waals surface area contributed by atoms with Gasteiger partial charge < -0.3 is 16.0 Å². The van der Waals surface area contributed by atoms with Gasteiger partial charge in [0.05, 0.1) is 5.92 Å². The molecule has 0 saturated carbocycles. The molecule has 1 saturated heterocycles. The lowest BCUT2D eigenvalue weighted by atomic mass is 9.93. The van der Waals surface area contributed by atoms with E-state index < -0.39 is 17.5 Å². The van der Waals surface area contributed by atoms with Gasteiger partial charge in [0.25, 0.3) is 0 Å². The normalized spacial score (nSPS) is 22.7. The zero-order valence-electron chi connectivity index (χ0n) is 11.5. The van der Waals surface area contributed by atoms with Crippen LogP contribution in [0.4, 0.5) is 20.4 Å². The van der Waals surface area contributed by atoms with Gasteiger partial charge in [0.1, 0.15) is 0 Å². The molecule has 1 aliphatic rings. The number of hydrogen-bond acceptors (Lipinski definition) is 4. The molecule has 1 amide bonds. The number of carbonyl (C=O) groups excluding carboxylic acids is 1. The van der Waals surface area contributed by atoms with Crippen LogP contribution in [-0.2, 0) is 4.79 Å². The van der Waals surface area contributed by atoms with Crippen LogP contribution in [-0.4, -0.2) is 30.5 Å². The van der Waals surface area contributed by atoms with Gasteiger partial charge in [-0.25, -0.2) is 13.8 Å². The number of rotatable bonds is 3. The Hall–Kier alpha value is -1.92. The summed E-state index contributed by atoms with van der Waals surface area (Å²) in [7, 11) is 1.51. The van der Waals surface area contributed by atoms with Crippen molar-refractivity contribution in [2.75, 3.05) is 23.8 Å². The van der Waals surface area contributed by atoms with Crippen molar-refractivity contribution in [2.24, 2.45) is 11.7 Å². The molecule has 7 heteroatoms. The summed E-state index contributed by atoms with van der Waals surface area (Å²) in [6.07, 6.45) is 1.38. The van der Waals surface area contributed by atoms with Gasteiger partial charge in [-0.05, 0) is 19.8 Å². The molecule has 110 valence electrons. The predicted octanol–water partition coefficient (Wildman–Crippen LogP) is 1.49. The Kier molecular flexibility index (Phi) is 4.06. The lowest BCUT2D eigenvalue weighted by molar-refractivity contribution is -0.122. The fraction of sp³-hybridized carbons (Fsp3) is 0.538. The third-order valence-corrected chi connectivity index (χ3v) is 3.70. The standard InChI is InChI=1S/C13H18F2N4O/c1-7-3-4-8(11(16)20)6-19(7)13-10(15)5-9(14)12(17-2)18-13/h5,7-8H,3-4,6H2,1-2H3,(H2,16,20)(H,17,18). The molecule has 1 aliphatic heterocycles. The molecule has 1 aromatic rings. The van der Waals surface area contributed by atoms with Crippen molar-refractivity contribution in [3.05, 3.63) is 17.7 Å². The van der Waals surface area contributed by atoms with Crippen molar-refractivity contribution >= 4 is 17.5 Å². The molecule has 0 radical (unpaired) electrons. The number of nitrogens with two attached hydrogens (primary N) is 1. The Balaban J connectivity index is 2.35. The number of nitrogens with one attached hydrogen (secondary N) is 1. The first-order valence-corrected chi connectivity index (χ1v) is 6.53. The van der Waals surface area contributed by atoms with Crippen LogP contribution in [0.15, 0.2) is 6.07 Å². The Labute approximate surface area is 116 Å². The topological polar surface area (TPSA) is 71.2 Å². The summed E-state index contributed by atoms with van der Waals surface area (Å²) in [6.45, 7) is 2.22. The molecule has 2 rings (SSSR count). The highest BCUT2D eigenvalue weighted by molar-refractivity contribution is 5.77. The smallest absolute Gasteiger partial charge is 0.222 e. The quantitative estimate of drug-likeness (QED) is 0.882. The molecule has 3 N–H and O–H groups in total. The van der Waals surface area contributed by atoms with Crippen LogP contribution in [0.5, 0.6) is 0 Å². The zero-order chi connectivity index (χ0) is 14.9. The van der Waals surface area contributed by atoms with Crippen LogP contribution >= 0.6 is 0 Å². The van der Waals surface area contributed by atoms with Gasteiger partial charge in [-0.2, -0.15) is 0 Å². The third-order valence-electron chi connectivity index (χ3n) is 3.70. The van der Waals surface area contributed by atoms with E-state index in [4.69, 9.17) is 5.73 Å². The van der Waals surface area contributed by atoms with Crippen LogP contribution < -0.4 is 16.0 Å². The van der Waals surface area contributed by atoms with Crippen LogP contribution in [0.1, 0.15) is 19.8 Å². The van der Waals surface area contributed by atoms with Gasteiger partial charge in [-0.15, -0.1) is 0 Å². The van der Waals surface area contributed by atoms with Crippen LogP contribution in [0.3, 0.4) is 0 Å². The van der Waals surface area contributed by atoms with E-state index in [1.54, 1.807) is 4.90 Å². The van der Waals surface area contributed by atoms with E-state index in [0.717, 1.165) is 6.07 Å². The van der Waals surface area contributed by atoms with E-state index in [2.05, 4.69) is 10.3 Å². The van der Waals surface area contributed by atoms with E-state index in [9.17, 15) is 13.6 Å². The van der Waals surface area contributed by atoms with Gasteiger partial charge in [-0.1, -0.05) is 0 Å². The van der Waals surface area contributed by atoms with Gasteiger partial charge >= 0.3 is 0 Å². The Morgan fingerprint density at radius 2 is 2.15 bits per heavy atom. The van der Waals surface area contributed by atoms with Gasteiger partial charge in [0.2, 0.25) is 5.91 Å². The number of piperidine rings is 1. The summed E-state index contributed by atoms with van der Waals surface area (Å²) in [5.41, 5.74) is 5.32. The lowest BCUT2D eigenvalue weighted by Crippen LogP contribution is -2.46. The first kappa shape index (κ1) is 14.5. The second-order valence-corrected chi connectivity index (χ2v) is 5.05. The van der Waals surface area contributed by atoms with Crippen molar-refractivity contribution < 1.29 is 13.6 Å². The Bertz CT molecular complexity index is 523. The molecule has 2 atom stereocenters. The molecule has 2 unspecified atom stereocenters. The minimum absolute atomic E-state index is 0.0165. The third kappa shape index (κ3) is 2.66. The second kappa shape index (κ2) is 5.60. The molecular formula is C13H18F2N4O. The molecular weight excluding hydrogens is 266 g/mol. The van der Waals surface area contributed by atoms with E-state index in [1.165, 1.54) is 7.05 Å². The number of aromatic nitrogens is 1. The van der Waals surface area contributed by atoms with Crippen molar-refractivity contribution in [2.45, 2.75) is 25.8 Å². The number of primary amides is 1. The molecule has 0 bridgehead atoms. The highest BCUT2D eigenvalue weighted by Crippen LogP contribution is 2.30. The average Bonchev–Trinajstić information content (AvgIpc) is 2.40.